The zero-order chi connectivity index (χ0) is 14.9. The molecule has 0 spiro atoms. The number of methoxy groups -OCH3 is 1. The average Bonchev–Trinajstić information content (AvgIpc) is 2.45. The molecule has 0 radical (unpaired) electrons. The topological polar surface area (TPSA) is 60.0 Å². The van der Waals surface area contributed by atoms with E-state index in [0.717, 1.165) is 32.6 Å². The molecule has 0 fully saturated rings. The molecule has 5 nitrogen and oxygen atoms in total. The molecule has 0 heterocycles. The number of unbranched alkanes of at least 4 members (excludes halogenated alkanes) is 3. The van der Waals surface area contributed by atoms with Gasteiger partial charge in [0.2, 0.25) is 0 Å². The zero-order valence-electron chi connectivity index (χ0n) is 13.2. The van der Waals surface area contributed by atoms with Crippen molar-refractivity contribution in [2.24, 2.45) is 0 Å². The molecule has 0 saturated heterocycles. The van der Waals surface area contributed by atoms with Crippen LogP contribution in [0.15, 0.2) is 0 Å². The largest absolute Gasteiger partial charge is 0.389 e. The number of aliphatic hydroxyl groups is 1. The van der Waals surface area contributed by atoms with Gasteiger partial charge in [-0.25, -0.2) is 0 Å². The molecular formula is C15H33NO4. The van der Waals surface area contributed by atoms with Crippen molar-refractivity contribution in [1.29, 1.82) is 0 Å². The smallest absolute Gasteiger partial charge is 0.0897 e. The van der Waals surface area contributed by atoms with Crippen molar-refractivity contribution in [1.82, 2.24) is 5.32 Å². The Morgan fingerprint density at radius 2 is 1.75 bits per heavy atom. The molecule has 2 N–H and O–H groups in total. The van der Waals surface area contributed by atoms with Crippen LogP contribution in [0.25, 0.3) is 0 Å². The summed E-state index contributed by atoms with van der Waals surface area (Å²) >= 11 is 0. The van der Waals surface area contributed by atoms with E-state index in [4.69, 9.17) is 14.2 Å². The monoisotopic (exact) mass is 291 g/mol. The summed E-state index contributed by atoms with van der Waals surface area (Å²) in [6.45, 7) is 6.80. The van der Waals surface area contributed by atoms with Gasteiger partial charge in [-0.05, 0) is 19.4 Å². The van der Waals surface area contributed by atoms with E-state index in [1.165, 1.54) is 19.3 Å². The number of aliphatic hydroxyl groups excluding tert-OH is 1. The summed E-state index contributed by atoms with van der Waals surface area (Å²) in [7, 11) is 1.66. The lowest BCUT2D eigenvalue weighted by molar-refractivity contribution is 0.0348. The number of hydrogen-bond acceptors (Lipinski definition) is 5. The Morgan fingerprint density at radius 1 is 0.950 bits per heavy atom. The van der Waals surface area contributed by atoms with Crippen LogP contribution in [-0.4, -0.2) is 64.4 Å². The van der Waals surface area contributed by atoms with E-state index in [-0.39, 0.29) is 0 Å². The Labute approximate surface area is 124 Å². The predicted octanol–water partition coefficient (Wildman–Crippen LogP) is 1.59. The lowest BCUT2D eigenvalue weighted by Gasteiger charge is -2.12. The van der Waals surface area contributed by atoms with Crippen LogP contribution in [0, 0.1) is 0 Å². The Bertz CT molecular complexity index is 181. The van der Waals surface area contributed by atoms with Crippen molar-refractivity contribution >= 4 is 0 Å². The van der Waals surface area contributed by atoms with Crippen molar-refractivity contribution in [2.45, 2.75) is 45.1 Å². The summed E-state index contributed by atoms with van der Waals surface area (Å²) in [5.41, 5.74) is 0. The highest BCUT2D eigenvalue weighted by Gasteiger charge is 2.03. The molecule has 0 aromatic heterocycles. The second-order valence-corrected chi connectivity index (χ2v) is 4.95. The second-order valence-electron chi connectivity index (χ2n) is 4.95. The maximum Gasteiger partial charge on any atom is 0.0897 e. The fourth-order valence-electron chi connectivity index (χ4n) is 1.72. The van der Waals surface area contributed by atoms with Crippen LogP contribution < -0.4 is 5.32 Å². The van der Waals surface area contributed by atoms with Crippen LogP contribution in [0.1, 0.15) is 39.0 Å². The fraction of sp³-hybridized carbons (Fsp3) is 1.00. The van der Waals surface area contributed by atoms with E-state index >= 15 is 0 Å². The lowest BCUT2D eigenvalue weighted by Crippen LogP contribution is -2.31. The van der Waals surface area contributed by atoms with E-state index in [1.807, 2.05) is 0 Å². The van der Waals surface area contributed by atoms with E-state index < -0.39 is 6.10 Å². The molecule has 5 heteroatoms. The number of hydrogen-bond donors (Lipinski definition) is 2. The second kappa shape index (κ2) is 16.9. The summed E-state index contributed by atoms with van der Waals surface area (Å²) in [5.74, 6) is 0. The highest BCUT2D eigenvalue weighted by molar-refractivity contribution is 4.58. The molecule has 0 aliphatic rings. The van der Waals surface area contributed by atoms with Crippen LogP contribution in [-0.2, 0) is 14.2 Å². The Hall–Kier alpha value is -0.200. The molecular weight excluding hydrogens is 258 g/mol. The first kappa shape index (κ1) is 19.8. The summed E-state index contributed by atoms with van der Waals surface area (Å²) in [6, 6.07) is 0. The van der Waals surface area contributed by atoms with Gasteiger partial charge in [-0.3, -0.25) is 0 Å². The van der Waals surface area contributed by atoms with E-state index in [2.05, 4.69) is 12.2 Å². The van der Waals surface area contributed by atoms with Gasteiger partial charge in [0.1, 0.15) is 0 Å². The van der Waals surface area contributed by atoms with Crippen LogP contribution in [0.2, 0.25) is 0 Å². The molecule has 0 rings (SSSR count). The maximum absolute atomic E-state index is 9.69. The minimum absolute atomic E-state index is 0.420. The summed E-state index contributed by atoms with van der Waals surface area (Å²) in [5, 5.41) is 12.9. The summed E-state index contributed by atoms with van der Waals surface area (Å²) < 4.78 is 15.7. The molecule has 0 saturated carbocycles. The van der Waals surface area contributed by atoms with Gasteiger partial charge >= 0.3 is 0 Å². The minimum atomic E-state index is -0.421. The van der Waals surface area contributed by atoms with Gasteiger partial charge in [0.25, 0.3) is 0 Å². The Kier molecular flexibility index (Phi) is 16.7. The number of ether oxygens (including phenoxy) is 3. The average molecular weight is 291 g/mol. The lowest BCUT2D eigenvalue weighted by atomic mass is 10.2. The molecule has 1 unspecified atom stereocenters. The van der Waals surface area contributed by atoms with Crippen LogP contribution in [0.3, 0.4) is 0 Å². The summed E-state index contributed by atoms with van der Waals surface area (Å²) in [6.07, 6.45) is 5.33. The van der Waals surface area contributed by atoms with Gasteiger partial charge in [0.05, 0.1) is 25.9 Å². The first-order valence-electron chi connectivity index (χ1n) is 7.84. The molecule has 0 aromatic carbocycles. The molecule has 0 bridgehead atoms. The SMILES string of the molecule is CCCCCCOCC(O)CNCCCOCCOC. The molecule has 1 atom stereocenters. The van der Waals surface area contributed by atoms with Crippen LogP contribution in [0.5, 0.6) is 0 Å². The van der Waals surface area contributed by atoms with E-state index in [9.17, 15) is 5.11 Å². The molecule has 0 amide bonds. The third-order valence-corrected chi connectivity index (χ3v) is 2.91. The quantitative estimate of drug-likeness (QED) is 0.423. The van der Waals surface area contributed by atoms with Crippen LogP contribution in [0.4, 0.5) is 0 Å². The highest BCUT2D eigenvalue weighted by atomic mass is 16.5. The van der Waals surface area contributed by atoms with Gasteiger partial charge in [0, 0.05) is 26.9 Å². The standard InChI is InChI=1S/C15H33NO4/c1-3-4-5-6-9-20-14-15(17)13-16-8-7-10-19-12-11-18-2/h15-17H,3-14H2,1-2H3. The molecule has 0 aromatic rings. The van der Waals surface area contributed by atoms with Gasteiger partial charge in [-0.1, -0.05) is 26.2 Å². The minimum Gasteiger partial charge on any atom is -0.389 e. The Balaban J connectivity index is 3.10. The van der Waals surface area contributed by atoms with Gasteiger partial charge in [-0.15, -0.1) is 0 Å². The zero-order valence-corrected chi connectivity index (χ0v) is 13.2. The third-order valence-electron chi connectivity index (χ3n) is 2.91. The van der Waals surface area contributed by atoms with Crippen molar-refractivity contribution in [3.63, 3.8) is 0 Å². The number of nitrogens with one attached hydrogen (secondary N) is 1. The maximum atomic E-state index is 9.69. The first-order valence-corrected chi connectivity index (χ1v) is 7.84. The summed E-state index contributed by atoms with van der Waals surface area (Å²) in [4.78, 5) is 0. The van der Waals surface area contributed by atoms with Crippen molar-refractivity contribution in [2.75, 3.05) is 53.2 Å². The van der Waals surface area contributed by atoms with Crippen molar-refractivity contribution in [3.8, 4) is 0 Å². The first-order chi connectivity index (χ1) is 9.81. The van der Waals surface area contributed by atoms with E-state index in [0.29, 0.717) is 26.4 Å². The number of rotatable bonds is 16. The molecule has 122 valence electrons. The van der Waals surface area contributed by atoms with Gasteiger partial charge in [0.15, 0.2) is 0 Å². The van der Waals surface area contributed by atoms with Crippen molar-refractivity contribution < 1.29 is 19.3 Å². The van der Waals surface area contributed by atoms with Gasteiger partial charge in [-0.2, -0.15) is 0 Å². The Morgan fingerprint density at radius 3 is 2.50 bits per heavy atom. The van der Waals surface area contributed by atoms with Crippen LogP contribution >= 0.6 is 0 Å². The molecule has 20 heavy (non-hydrogen) atoms. The molecule has 0 aliphatic heterocycles. The molecule has 0 aliphatic carbocycles. The predicted molar refractivity (Wildman–Crippen MR) is 81.1 cm³/mol. The highest BCUT2D eigenvalue weighted by Crippen LogP contribution is 1.99. The van der Waals surface area contributed by atoms with Crippen molar-refractivity contribution in [3.05, 3.63) is 0 Å². The van der Waals surface area contributed by atoms with E-state index in [1.54, 1.807) is 7.11 Å². The third kappa shape index (κ3) is 15.9. The van der Waals surface area contributed by atoms with Gasteiger partial charge < -0.3 is 24.6 Å². The fourth-order valence-corrected chi connectivity index (χ4v) is 1.72. The normalized spacial score (nSPS) is 12.8.